The molecule has 1 aromatic heterocycles. The molecule has 0 fully saturated rings. The highest BCUT2D eigenvalue weighted by Gasteiger charge is 2.21. The van der Waals surface area contributed by atoms with E-state index in [1.165, 1.54) is 0 Å². The number of nitrogens with one attached hydrogen (secondary N) is 3. The molecule has 0 bridgehead atoms. The quantitative estimate of drug-likeness (QED) is 0.757. The molecule has 8 heteroatoms. The van der Waals surface area contributed by atoms with Gasteiger partial charge in [-0.3, -0.25) is 9.89 Å². The zero-order valence-electron chi connectivity index (χ0n) is 13.6. The lowest BCUT2D eigenvalue weighted by Crippen LogP contribution is -2.28. The van der Waals surface area contributed by atoms with Crippen LogP contribution in [0.3, 0.4) is 0 Å². The highest BCUT2D eigenvalue weighted by Crippen LogP contribution is 2.27. The van der Waals surface area contributed by atoms with Crippen LogP contribution >= 0.6 is 12.4 Å². The number of rotatable bonds is 5. The molecule has 1 aliphatic heterocycles. The Labute approximate surface area is 146 Å². The van der Waals surface area contributed by atoms with Gasteiger partial charge in [-0.05, 0) is 17.7 Å². The summed E-state index contributed by atoms with van der Waals surface area (Å²) in [6, 6.07) is 5.56. The van der Waals surface area contributed by atoms with E-state index in [0.29, 0.717) is 30.3 Å². The zero-order valence-corrected chi connectivity index (χ0v) is 14.5. The number of hydrogen-bond donors (Lipinski definition) is 3. The average molecular weight is 353 g/mol. The van der Waals surface area contributed by atoms with Gasteiger partial charge in [-0.15, -0.1) is 12.4 Å². The van der Waals surface area contributed by atoms with Crippen LogP contribution < -0.4 is 20.1 Å². The predicted molar refractivity (Wildman–Crippen MR) is 92.0 cm³/mol. The molecular formula is C16H21ClN4O3. The summed E-state index contributed by atoms with van der Waals surface area (Å²) < 4.78 is 10.5. The van der Waals surface area contributed by atoms with Crippen molar-refractivity contribution in [3.05, 3.63) is 40.7 Å². The smallest absolute Gasteiger partial charge is 0.272 e. The number of carbonyl (C=O) groups is 1. The molecule has 3 N–H and O–H groups in total. The number of carbonyl (C=O) groups excluding carboxylic acids is 1. The van der Waals surface area contributed by atoms with Gasteiger partial charge in [0.25, 0.3) is 5.91 Å². The zero-order chi connectivity index (χ0) is 16.2. The summed E-state index contributed by atoms with van der Waals surface area (Å²) in [5.41, 5.74) is 3.40. The van der Waals surface area contributed by atoms with Gasteiger partial charge in [0.05, 0.1) is 14.2 Å². The monoisotopic (exact) mass is 352 g/mol. The van der Waals surface area contributed by atoms with Gasteiger partial charge in [-0.25, -0.2) is 0 Å². The normalized spacial score (nSPS) is 12.8. The highest BCUT2D eigenvalue weighted by atomic mass is 35.5. The van der Waals surface area contributed by atoms with E-state index in [0.717, 1.165) is 29.8 Å². The standard InChI is InChI=1S/C16H20N4O3.ClH/c1-22-13-4-3-10(7-14(13)23-2)8-18-16(21)15-11-9-17-6-5-12(11)19-20-15;/h3-4,7,17H,5-6,8-9H2,1-2H3,(H,18,21)(H,19,20);1H. The third-order valence-electron chi connectivity index (χ3n) is 3.92. The summed E-state index contributed by atoms with van der Waals surface area (Å²) in [4.78, 5) is 12.4. The van der Waals surface area contributed by atoms with E-state index in [2.05, 4.69) is 20.8 Å². The number of ether oxygens (including phenoxy) is 2. The minimum Gasteiger partial charge on any atom is -0.493 e. The minimum absolute atomic E-state index is 0. The molecule has 0 spiro atoms. The Balaban J connectivity index is 0.00000208. The van der Waals surface area contributed by atoms with Gasteiger partial charge >= 0.3 is 0 Å². The van der Waals surface area contributed by atoms with Crippen LogP contribution in [0.15, 0.2) is 18.2 Å². The van der Waals surface area contributed by atoms with E-state index in [1.807, 2.05) is 18.2 Å². The number of amides is 1. The summed E-state index contributed by atoms with van der Waals surface area (Å²) in [7, 11) is 3.18. The van der Waals surface area contributed by atoms with Crippen LogP contribution in [0.2, 0.25) is 0 Å². The molecule has 0 aliphatic carbocycles. The van der Waals surface area contributed by atoms with Crippen LogP contribution in [0.5, 0.6) is 11.5 Å². The number of benzene rings is 1. The second-order valence-corrected chi connectivity index (χ2v) is 5.33. The van der Waals surface area contributed by atoms with Crippen molar-refractivity contribution in [2.45, 2.75) is 19.5 Å². The maximum Gasteiger partial charge on any atom is 0.272 e. The van der Waals surface area contributed by atoms with E-state index in [1.54, 1.807) is 14.2 Å². The largest absolute Gasteiger partial charge is 0.493 e. The SMILES string of the molecule is COc1ccc(CNC(=O)c2n[nH]c3c2CNCC3)cc1OC.Cl. The van der Waals surface area contributed by atoms with Gasteiger partial charge in [0.15, 0.2) is 17.2 Å². The predicted octanol–water partition coefficient (Wildman–Crippen LogP) is 1.42. The molecule has 0 radical (unpaired) electrons. The molecule has 7 nitrogen and oxygen atoms in total. The molecule has 1 aromatic carbocycles. The molecule has 0 atom stereocenters. The van der Waals surface area contributed by atoms with Gasteiger partial charge < -0.3 is 20.1 Å². The number of hydrogen-bond acceptors (Lipinski definition) is 5. The number of nitrogens with zero attached hydrogens (tertiary/aromatic N) is 1. The maximum absolute atomic E-state index is 12.4. The van der Waals surface area contributed by atoms with Crippen LogP contribution in [-0.2, 0) is 19.5 Å². The van der Waals surface area contributed by atoms with Crippen molar-refractivity contribution >= 4 is 18.3 Å². The molecule has 0 saturated heterocycles. The highest BCUT2D eigenvalue weighted by molar-refractivity contribution is 5.94. The number of halogens is 1. The summed E-state index contributed by atoms with van der Waals surface area (Å²) >= 11 is 0. The van der Waals surface area contributed by atoms with Crippen molar-refractivity contribution in [3.8, 4) is 11.5 Å². The summed E-state index contributed by atoms with van der Waals surface area (Å²) in [5.74, 6) is 1.12. The molecule has 130 valence electrons. The van der Waals surface area contributed by atoms with E-state index < -0.39 is 0 Å². The lowest BCUT2D eigenvalue weighted by molar-refractivity contribution is 0.0944. The molecule has 0 unspecified atom stereocenters. The Kier molecular flexibility index (Phi) is 6.05. The summed E-state index contributed by atoms with van der Waals surface area (Å²) in [6.07, 6.45) is 0.866. The van der Waals surface area contributed by atoms with Crippen molar-refractivity contribution < 1.29 is 14.3 Å². The van der Waals surface area contributed by atoms with Crippen LogP contribution in [0, 0.1) is 0 Å². The van der Waals surface area contributed by atoms with E-state index in [9.17, 15) is 4.79 Å². The number of aromatic amines is 1. The van der Waals surface area contributed by atoms with Gasteiger partial charge in [0.1, 0.15) is 0 Å². The topological polar surface area (TPSA) is 88.3 Å². The summed E-state index contributed by atoms with van der Waals surface area (Å²) in [6.45, 7) is 1.97. The average Bonchev–Trinajstić information content (AvgIpc) is 3.03. The molecule has 1 amide bonds. The minimum atomic E-state index is -0.180. The molecule has 2 heterocycles. The third kappa shape index (κ3) is 3.63. The lowest BCUT2D eigenvalue weighted by Gasteiger charge is -2.13. The lowest BCUT2D eigenvalue weighted by atomic mass is 10.1. The molecule has 3 rings (SSSR count). The first-order chi connectivity index (χ1) is 11.2. The fraction of sp³-hybridized carbons (Fsp3) is 0.375. The number of methoxy groups -OCH3 is 2. The fourth-order valence-corrected chi connectivity index (χ4v) is 2.67. The fourth-order valence-electron chi connectivity index (χ4n) is 2.67. The van der Waals surface area contributed by atoms with Crippen LogP contribution in [0.1, 0.15) is 27.3 Å². The Morgan fingerprint density at radius 1 is 1.29 bits per heavy atom. The van der Waals surface area contributed by atoms with Crippen LogP contribution in [-0.4, -0.2) is 36.9 Å². The molecule has 2 aromatic rings. The maximum atomic E-state index is 12.4. The molecule has 1 aliphatic rings. The first kappa shape index (κ1) is 18.1. The van der Waals surface area contributed by atoms with Gasteiger partial charge in [0, 0.05) is 37.3 Å². The van der Waals surface area contributed by atoms with Crippen LogP contribution in [0.4, 0.5) is 0 Å². The van der Waals surface area contributed by atoms with Gasteiger partial charge in [0.2, 0.25) is 0 Å². The molecule has 0 saturated carbocycles. The van der Waals surface area contributed by atoms with Crippen molar-refractivity contribution in [2.24, 2.45) is 0 Å². The Bertz CT molecular complexity index is 717. The van der Waals surface area contributed by atoms with Crippen molar-refractivity contribution in [1.29, 1.82) is 0 Å². The van der Waals surface area contributed by atoms with E-state index in [4.69, 9.17) is 9.47 Å². The van der Waals surface area contributed by atoms with Gasteiger partial charge in [-0.1, -0.05) is 6.07 Å². The Morgan fingerprint density at radius 3 is 2.83 bits per heavy atom. The second kappa shape index (κ2) is 8.03. The number of aromatic nitrogens is 2. The number of fused-ring (bicyclic) bond motifs is 1. The Morgan fingerprint density at radius 2 is 2.08 bits per heavy atom. The Hall–Kier alpha value is -2.25. The second-order valence-electron chi connectivity index (χ2n) is 5.33. The van der Waals surface area contributed by atoms with Crippen molar-refractivity contribution in [3.63, 3.8) is 0 Å². The first-order valence-corrected chi connectivity index (χ1v) is 7.49. The van der Waals surface area contributed by atoms with Crippen LogP contribution in [0.25, 0.3) is 0 Å². The molecule has 24 heavy (non-hydrogen) atoms. The number of H-pyrrole nitrogens is 1. The van der Waals surface area contributed by atoms with Crippen molar-refractivity contribution in [1.82, 2.24) is 20.8 Å². The summed E-state index contributed by atoms with van der Waals surface area (Å²) in [5, 5.41) is 13.2. The van der Waals surface area contributed by atoms with Gasteiger partial charge in [-0.2, -0.15) is 5.10 Å². The van der Waals surface area contributed by atoms with E-state index in [-0.39, 0.29) is 18.3 Å². The first-order valence-electron chi connectivity index (χ1n) is 7.49. The third-order valence-corrected chi connectivity index (χ3v) is 3.92. The molecular weight excluding hydrogens is 332 g/mol. The van der Waals surface area contributed by atoms with E-state index >= 15 is 0 Å². The van der Waals surface area contributed by atoms with Crippen molar-refractivity contribution in [2.75, 3.05) is 20.8 Å².